The first-order valence-electron chi connectivity index (χ1n) is 6.52. The molecule has 0 aromatic heterocycles. The second kappa shape index (κ2) is 5.71. The second-order valence-corrected chi connectivity index (χ2v) is 6.53. The van der Waals surface area contributed by atoms with E-state index in [2.05, 4.69) is 46.1 Å². The molecule has 0 saturated carbocycles. The van der Waals surface area contributed by atoms with Crippen molar-refractivity contribution in [2.45, 2.75) is 25.8 Å². The molecule has 1 aliphatic carbocycles. The molecule has 1 N–H and O–H groups in total. The number of nitrogens with one attached hydrogen (secondary N) is 1. The first-order chi connectivity index (χ1) is 9.22. The summed E-state index contributed by atoms with van der Waals surface area (Å²) < 4.78 is 1.16. The van der Waals surface area contributed by atoms with Crippen LogP contribution >= 0.6 is 34.2 Å². The highest BCUT2D eigenvalue weighted by molar-refractivity contribution is 14.1. The van der Waals surface area contributed by atoms with Crippen LogP contribution in [-0.2, 0) is 19.4 Å². The third kappa shape index (κ3) is 3.06. The fourth-order valence-electron chi connectivity index (χ4n) is 2.57. The van der Waals surface area contributed by atoms with Crippen molar-refractivity contribution in [2.75, 3.05) is 5.32 Å². The van der Waals surface area contributed by atoms with Crippen LogP contribution in [0.15, 0.2) is 36.4 Å². The van der Waals surface area contributed by atoms with Gasteiger partial charge >= 0.3 is 0 Å². The van der Waals surface area contributed by atoms with Crippen molar-refractivity contribution in [3.8, 4) is 0 Å². The molecule has 0 bridgehead atoms. The van der Waals surface area contributed by atoms with E-state index in [1.54, 1.807) is 0 Å². The molecule has 0 spiro atoms. The molecule has 2 aromatic rings. The van der Waals surface area contributed by atoms with E-state index >= 15 is 0 Å². The lowest BCUT2D eigenvalue weighted by Gasteiger charge is -2.10. The molecule has 3 heteroatoms. The van der Waals surface area contributed by atoms with Gasteiger partial charge in [0, 0.05) is 20.8 Å². The van der Waals surface area contributed by atoms with Crippen molar-refractivity contribution in [3.05, 3.63) is 61.7 Å². The third-order valence-electron chi connectivity index (χ3n) is 3.58. The summed E-state index contributed by atoms with van der Waals surface area (Å²) in [6, 6.07) is 12.8. The molecule has 1 aliphatic rings. The quantitative estimate of drug-likeness (QED) is 0.732. The Morgan fingerprint density at radius 3 is 2.74 bits per heavy atom. The number of aryl methyl sites for hydroxylation is 2. The van der Waals surface area contributed by atoms with Crippen LogP contribution in [0.25, 0.3) is 0 Å². The van der Waals surface area contributed by atoms with Crippen LogP contribution in [0, 0.1) is 3.57 Å². The van der Waals surface area contributed by atoms with Crippen molar-refractivity contribution >= 4 is 39.9 Å². The number of anilines is 1. The standard InChI is InChI=1S/C16H15ClIN/c17-14-6-7-16(15(18)9-14)19-10-11-4-5-12-2-1-3-13(12)8-11/h4-9,19H,1-3,10H2. The van der Waals surface area contributed by atoms with Crippen LogP contribution in [0.1, 0.15) is 23.1 Å². The average Bonchev–Trinajstić information content (AvgIpc) is 2.85. The molecule has 98 valence electrons. The zero-order chi connectivity index (χ0) is 13.2. The molecule has 0 fully saturated rings. The number of benzene rings is 2. The van der Waals surface area contributed by atoms with Gasteiger partial charge in [-0.1, -0.05) is 29.8 Å². The Bertz CT molecular complexity index is 610. The molecular formula is C16H15ClIN. The van der Waals surface area contributed by atoms with Crippen molar-refractivity contribution in [3.63, 3.8) is 0 Å². The van der Waals surface area contributed by atoms with E-state index in [0.717, 1.165) is 20.8 Å². The van der Waals surface area contributed by atoms with Gasteiger partial charge in [0.2, 0.25) is 0 Å². The van der Waals surface area contributed by atoms with Crippen LogP contribution in [0.2, 0.25) is 5.02 Å². The van der Waals surface area contributed by atoms with E-state index in [1.807, 2.05) is 18.2 Å². The number of fused-ring (bicyclic) bond motifs is 1. The van der Waals surface area contributed by atoms with Crippen LogP contribution in [0.3, 0.4) is 0 Å². The molecule has 0 saturated heterocycles. The zero-order valence-corrected chi connectivity index (χ0v) is 13.5. The monoisotopic (exact) mass is 383 g/mol. The lowest BCUT2D eigenvalue weighted by Crippen LogP contribution is -2.01. The first-order valence-corrected chi connectivity index (χ1v) is 7.97. The number of rotatable bonds is 3. The zero-order valence-electron chi connectivity index (χ0n) is 10.5. The molecule has 0 heterocycles. The maximum atomic E-state index is 5.97. The Kier molecular flexibility index (Phi) is 3.99. The second-order valence-electron chi connectivity index (χ2n) is 4.93. The molecule has 19 heavy (non-hydrogen) atoms. The minimum absolute atomic E-state index is 0.785. The largest absolute Gasteiger partial charge is 0.380 e. The number of halogens is 2. The maximum Gasteiger partial charge on any atom is 0.0479 e. The van der Waals surface area contributed by atoms with Crippen molar-refractivity contribution in [1.29, 1.82) is 0 Å². The Morgan fingerprint density at radius 1 is 1.05 bits per heavy atom. The molecule has 3 rings (SSSR count). The molecule has 0 atom stereocenters. The van der Waals surface area contributed by atoms with Gasteiger partial charge in [0.15, 0.2) is 0 Å². The van der Waals surface area contributed by atoms with E-state index < -0.39 is 0 Å². The highest BCUT2D eigenvalue weighted by atomic mass is 127. The molecular weight excluding hydrogens is 369 g/mol. The molecule has 0 radical (unpaired) electrons. The van der Waals surface area contributed by atoms with E-state index in [-0.39, 0.29) is 0 Å². The van der Waals surface area contributed by atoms with Gasteiger partial charge in [0.05, 0.1) is 0 Å². The summed E-state index contributed by atoms with van der Waals surface area (Å²) >= 11 is 8.28. The van der Waals surface area contributed by atoms with E-state index in [1.165, 1.54) is 36.0 Å². The predicted octanol–water partition coefficient (Wildman–Crippen LogP) is 5.05. The lowest BCUT2D eigenvalue weighted by atomic mass is 10.1. The Balaban J connectivity index is 1.72. The van der Waals surface area contributed by atoms with Crippen molar-refractivity contribution in [1.82, 2.24) is 0 Å². The van der Waals surface area contributed by atoms with Crippen LogP contribution in [0.4, 0.5) is 5.69 Å². The van der Waals surface area contributed by atoms with Crippen molar-refractivity contribution < 1.29 is 0 Å². The van der Waals surface area contributed by atoms with Crippen LogP contribution in [0.5, 0.6) is 0 Å². The highest BCUT2D eigenvalue weighted by Crippen LogP contribution is 2.25. The van der Waals surface area contributed by atoms with Crippen molar-refractivity contribution in [2.24, 2.45) is 0 Å². The SMILES string of the molecule is Clc1ccc(NCc2ccc3c(c2)CCC3)c(I)c1. The van der Waals surface area contributed by atoms with Gasteiger partial charge in [-0.2, -0.15) is 0 Å². The molecule has 0 aliphatic heterocycles. The summed E-state index contributed by atoms with van der Waals surface area (Å²) in [5.41, 5.74) is 5.56. The fourth-order valence-corrected chi connectivity index (χ4v) is 3.63. The van der Waals surface area contributed by atoms with Gasteiger partial charge in [-0.15, -0.1) is 0 Å². The summed E-state index contributed by atoms with van der Waals surface area (Å²) in [5, 5.41) is 4.27. The molecule has 1 nitrogen and oxygen atoms in total. The first kappa shape index (κ1) is 13.3. The number of hydrogen-bond acceptors (Lipinski definition) is 1. The van der Waals surface area contributed by atoms with Gasteiger partial charge in [-0.3, -0.25) is 0 Å². The lowest BCUT2D eigenvalue weighted by molar-refractivity contribution is 0.911. The topological polar surface area (TPSA) is 12.0 Å². The fraction of sp³-hybridized carbons (Fsp3) is 0.250. The predicted molar refractivity (Wildman–Crippen MR) is 90.0 cm³/mol. The van der Waals surface area contributed by atoms with Gasteiger partial charge in [0.25, 0.3) is 0 Å². The Labute approximate surface area is 132 Å². The molecule has 0 unspecified atom stereocenters. The van der Waals surface area contributed by atoms with Crippen LogP contribution in [-0.4, -0.2) is 0 Å². The normalized spacial score (nSPS) is 13.4. The summed E-state index contributed by atoms with van der Waals surface area (Å²) in [6.07, 6.45) is 3.79. The van der Waals surface area contributed by atoms with Gasteiger partial charge in [-0.05, 0) is 76.7 Å². The van der Waals surface area contributed by atoms with Gasteiger partial charge in [-0.25, -0.2) is 0 Å². The third-order valence-corrected chi connectivity index (χ3v) is 4.70. The molecule has 0 amide bonds. The van der Waals surface area contributed by atoms with E-state index in [9.17, 15) is 0 Å². The summed E-state index contributed by atoms with van der Waals surface area (Å²) in [5.74, 6) is 0. The minimum atomic E-state index is 0.785. The molecule has 2 aromatic carbocycles. The summed E-state index contributed by atoms with van der Waals surface area (Å²) in [6.45, 7) is 0.866. The van der Waals surface area contributed by atoms with E-state index in [4.69, 9.17) is 11.6 Å². The highest BCUT2D eigenvalue weighted by Gasteiger charge is 2.10. The Hall–Kier alpha value is -0.740. The van der Waals surface area contributed by atoms with Crippen LogP contribution < -0.4 is 5.32 Å². The summed E-state index contributed by atoms with van der Waals surface area (Å²) in [4.78, 5) is 0. The smallest absolute Gasteiger partial charge is 0.0479 e. The summed E-state index contributed by atoms with van der Waals surface area (Å²) in [7, 11) is 0. The Morgan fingerprint density at radius 2 is 1.89 bits per heavy atom. The van der Waals surface area contributed by atoms with Gasteiger partial charge in [0.1, 0.15) is 0 Å². The van der Waals surface area contributed by atoms with E-state index in [0.29, 0.717) is 0 Å². The number of hydrogen-bond donors (Lipinski definition) is 1. The minimum Gasteiger partial charge on any atom is -0.380 e. The van der Waals surface area contributed by atoms with Gasteiger partial charge < -0.3 is 5.32 Å². The maximum absolute atomic E-state index is 5.97. The average molecular weight is 384 g/mol.